The quantitative estimate of drug-likeness (QED) is 0.106. The average Bonchev–Trinajstić information content (AvgIpc) is 2.96. The monoisotopic (exact) mass is 605 g/mol. The van der Waals surface area contributed by atoms with E-state index in [2.05, 4.69) is 26.6 Å². The predicted octanol–water partition coefficient (Wildman–Crippen LogP) is 3.00. The zero-order valence-electron chi connectivity index (χ0n) is 25.3. The highest BCUT2D eigenvalue weighted by molar-refractivity contribution is 7.98. The molecule has 0 saturated carbocycles. The van der Waals surface area contributed by atoms with Crippen molar-refractivity contribution in [2.45, 2.75) is 89.9 Å². The number of carbonyl (C=O) groups is 5. The lowest BCUT2D eigenvalue weighted by Crippen LogP contribution is -2.25. The Morgan fingerprint density at radius 1 is 0.425 bits per heavy atom. The lowest BCUT2D eigenvalue weighted by molar-refractivity contribution is -0.122. The fraction of sp³-hybridized carbons (Fsp3) is 0.821. The predicted molar refractivity (Wildman–Crippen MR) is 169 cm³/mol. The molecule has 0 atom stereocenters. The Labute approximate surface area is 250 Å². The third kappa shape index (κ3) is 32.3. The van der Waals surface area contributed by atoms with Crippen molar-refractivity contribution in [2.75, 3.05) is 57.7 Å². The minimum Gasteiger partial charge on any atom is -0.359 e. The largest absolute Gasteiger partial charge is 0.359 e. The summed E-state index contributed by atoms with van der Waals surface area (Å²) in [5, 5.41) is 13.8. The van der Waals surface area contributed by atoms with E-state index in [-0.39, 0.29) is 29.5 Å². The summed E-state index contributed by atoms with van der Waals surface area (Å²) in [4.78, 5) is 56.1. The highest BCUT2D eigenvalue weighted by Crippen LogP contribution is 2.02. The molecule has 0 aromatic heterocycles. The molecule has 0 fully saturated rings. The zero-order valence-corrected chi connectivity index (χ0v) is 26.9. The van der Waals surface area contributed by atoms with Crippen LogP contribution in [0.1, 0.15) is 89.9 Å². The first-order valence-electron chi connectivity index (χ1n) is 14.5. The van der Waals surface area contributed by atoms with Gasteiger partial charge in [0.05, 0.1) is 0 Å². The van der Waals surface area contributed by atoms with Gasteiger partial charge >= 0.3 is 0 Å². The van der Waals surface area contributed by atoms with E-state index in [4.69, 9.17) is 0 Å². The van der Waals surface area contributed by atoms with Crippen LogP contribution < -0.4 is 26.6 Å². The van der Waals surface area contributed by atoms with Gasteiger partial charge in [-0.2, -0.15) is 23.5 Å². The van der Waals surface area contributed by atoms with Gasteiger partial charge in [0, 0.05) is 77.3 Å². The molecule has 0 bridgehead atoms. The van der Waals surface area contributed by atoms with E-state index < -0.39 is 0 Å². The number of nitrogens with one attached hydrogen (secondary N) is 5. The Hall–Kier alpha value is -1.95. The molecule has 0 aromatic rings. The van der Waals surface area contributed by atoms with E-state index in [0.717, 1.165) is 75.8 Å². The van der Waals surface area contributed by atoms with E-state index in [1.165, 1.54) is 0 Å². The smallest absolute Gasteiger partial charge is 0.220 e. The standard InChI is InChI=1S/C17H33N3O3S.C11H22N2O2S/c1-18-15(21)9-5-3-7-12-19-16(22)10-6-4-8-13-20-17(23)11-14-24-2;1-12-10(14)6-4-3-5-8-13-11(15)7-9-16-2/h3-14H2,1-2H3,(H,18,21)(H,19,22)(H,20,23);3-9H2,1-2H3,(H,12,14)(H,13,15). The van der Waals surface area contributed by atoms with Gasteiger partial charge in [0.2, 0.25) is 29.5 Å². The molecule has 0 spiro atoms. The molecular formula is C28H55N5O5S2. The van der Waals surface area contributed by atoms with Gasteiger partial charge in [-0.1, -0.05) is 19.3 Å². The van der Waals surface area contributed by atoms with Crippen LogP contribution in [0.25, 0.3) is 0 Å². The number of hydrogen-bond acceptors (Lipinski definition) is 7. The molecule has 0 heterocycles. The van der Waals surface area contributed by atoms with Crippen LogP contribution in [0.3, 0.4) is 0 Å². The van der Waals surface area contributed by atoms with Gasteiger partial charge in [0.25, 0.3) is 0 Å². The zero-order chi connectivity index (χ0) is 30.3. The van der Waals surface area contributed by atoms with Gasteiger partial charge in [-0.25, -0.2) is 0 Å². The average molecular weight is 606 g/mol. The van der Waals surface area contributed by atoms with Crippen LogP contribution >= 0.6 is 23.5 Å². The van der Waals surface area contributed by atoms with Crippen molar-refractivity contribution in [3.63, 3.8) is 0 Å². The van der Waals surface area contributed by atoms with Crippen molar-refractivity contribution >= 4 is 53.1 Å². The normalized spacial score (nSPS) is 10.1. The van der Waals surface area contributed by atoms with Gasteiger partial charge in [-0.3, -0.25) is 24.0 Å². The van der Waals surface area contributed by atoms with Gasteiger partial charge in [0.15, 0.2) is 0 Å². The number of thioether (sulfide) groups is 2. The Kier molecular flexibility index (Phi) is 31.7. The van der Waals surface area contributed by atoms with Crippen molar-refractivity contribution in [2.24, 2.45) is 0 Å². The third-order valence-corrected chi connectivity index (χ3v) is 7.06. The fourth-order valence-corrected chi connectivity index (χ4v) is 4.13. The molecule has 0 aliphatic rings. The van der Waals surface area contributed by atoms with E-state index in [1.807, 2.05) is 12.5 Å². The van der Waals surface area contributed by atoms with Crippen LogP contribution in [-0.4, -0.2) is 87.3 Å². The van der Waals surface area contributed by atoms with Crippen molar-refractivity contribution in [3.8, 4) is 0 Å². The molecule has 0 unspecified atom stereocenters. The van der Waals surface area contributed by atoms with E-state index in [9.17, 15) is 24.0 Å². The van der Waals surface area contributed by atoms with Gasteiger partial charge in [-0.15, -0.1) is 0 Å². The molecule has 10 nitrogen and oxygen atoms in total. The molecule has 5 amide bonds. The second-order valence-electron chi connectivity index (χ2n) is 9.31. The fourth-order valence-electron chi connectivity index (χ4n) is 3.35. The molecule has 40 heavy (non-hydrogen) atoms. The highest BCUT2D eigenvalue weighted by atomic mass is 32.2. The molecule has 0 radical (unpaired) electrons. The van der Waals surface area contributed by atoms with Crippen molar-refractivity contribution < 1.29 is 24.0 Å². The van der Waals surface area contributed by atoms with E-state index in [0.29, 0.717) is 45.2 Å². The van der Waals surface area contributed by atoms with Gasteiger partial charge in [-0.05, 0) is 51.0 Å². The molecule has 0 saturated heterocycles. The molecule has 5 N–H and O–H groups in total. The maximum atomic E-state index is 11.6. The lowest BCUT2D eigenvalue weighted by Gasteiger charge is -2.06. The maximum Gasteiger partial charge on any atom is 0.220 e. The van der Waals surface area contributed by atoms with Gasteiger partial charge < -0.3 is 26.6 Å². The summed E-state index contributed by atoms with van der Waals surface area (Å²) in [7, 11) is 3.29. The molecule has 0 aliphatic heterocycles. The number of hydrogen-bond donors (Lipinski definition) is 5. The highest BCUT2D eigenvalue weighted by Gasteiger charge is 2.03. The summed E-state index contributed by atoms with van der Waals surface area (Å²) in [5.74, 6) is 2.22. The number of carbonyl (C=O) groups excluding carboxylic acids is 5. The Morgan fingerprint density at radius 2 is 0.725 bits per heavy atom. The maximum absolute atomic E-state index is 11.6. The first kappa shape index (κ1) is 40.2. The van der Waals surface area contributed by atoms with Crippen molar-refractivity contribution in [1.82, 2.24) is 26.6 Å². The van der Waals surface area contributed by atoms with Crippen LogP contribution in [0.5, 0.6) is 0 Å². The topological polar surface area (TPSA) is 146 Å². The number of amides is 5. The molecule has 234 valence electrons. The third-order valence-electron chi connectivity index (χ3n) is 5.83. The summed E-state index contributed by atoms with van der Waals surface area (Å²) in [5.41, 5.74) is 0. The van der Waals surface area contributed by atoms with Crippen LogP contribution in [-0.2, 0) is 24.0 Å². The van der Waals surface area contributed by atoms with E-state index in [1.54, 1.807) is 37.6 Å². The molecule has 12 heteroatoms. The SMILES string of the molecule is CNC(=O)CCCCCNC(=O)CCCCCNC(=O)CCSC.CNC(=O)CCCCCNC(=O)CCSC. The van der Waals surface area contributed by atoms with Crippen LogP contribution in [0.2, 0.25) is 0 Å². The Balaban J connectivity index is 0. The second-order valence-corrected chi connectivity index (χ2v) is 11.3. The second kappa shape index (κ2) is 31.6. The van der Waals surface area contributed by atoms with Crippen LogP contribution in [0.15, 0.2) is 0 Å². The lowest BCUT2D eigenvalue weighted by atomic mass is 10.1. The minimum absolute atomic E-state index is 0.0690. The molecule has 0 aromatic carbocycles. The summed E-state index contributed by atoms with van der Waals surface area (Å²) < 4.78 is 0. The van der Waals surface area contributed by atoms with Crippen molar-refractivity contribution in [1.29, 1.82) is 0 Å². The molecule has 0 aliphatic carbocycles. The van der Waals surface area contributed by atoms with Crippen LogP contribution in [0.4, 0.5) is 0 Å². The van der Waals surface area contributed by atoms with Crippen molar-refractivity contribution in [3.05, 3.63) is 0 Å². The van der Waals surface area contributed by atoms with E-state index >= 15 is 0 Å². The van der Waals surface area contributed by atoms with Crippen LogP contribution in [0, 0.1) is 0 Å². The first-order valence-corrected chi connectivity index (χ1v) is 17.3. The number of rotatable bonds is 24. The molecule has 0 rings (SSSR count). The Morgan fingerprint density at radius 3 is 1.02 bits per heavy atom. The van der Waals surface area contributed by atoms with Gasteiger partial charge in [0.1, 0.15) is 0 Å². The first-order chi connectivity index (χ1) is 19.3. The summed E-state index contributed by atoms with van der Waals surface area (Å²) in [6.07, 6.45) is 15.1. The molecular weight excluding hydrogens is 550 g/mol. The summed E-state index contributed by atoms with van der Waals surface area (Å²) in [6.45, 7) is 2.10. The number of unbranched alkanes of at least 4 members (excludes halogenated alkanes) is 6. The Bertz CT molecular complexity index is 683. The summed E-state index contributed by atoms with van der Waals surface area (Å²) >= 11 is 3.35. The minimum atomic E-state index is 0.0690. The summed E-state index contributed by atoms with van der Waals surface area (Å²) in [6, 6.07) is 0.